The second-order valence-corrected chi connectivity index (χ2v) is 4.93. The number of aliphatic hydroxyl groups excluding tert-OH is 1. The van der Waals surface area contributed by atoms with Crippen LogP contribution in [-0.4, -0.2) is 34.0 Å². The lowest BCUT2D eigenvalue weighted by atomic mass is 9.87. The Kier molecular flexibility index (Phi) is 6.72. The van der Waals surface area contributed by atoms with E-state index in [-0.39, 0.29) is 5.92 Å². The summed E-state index contributed by atoms with van der Waals surface area (Å²) in [6.45, 7) is 9.17. The van der Waals surface area contributed by atoms with Crippen LogP contribution in [-0.2, 0) is 9.53 Å². The van der Waals surface area contributed by atoms with Gasteiger partial charge >= 0.3 is 5.97 Å². The molecule has 0 aromatic heterocycles. The molecule has 0 aliphatic rings. The number of aliphatic hydroxyl groups is 1. The standard InChI is InChI=1S/C13H26O4/c1-6-9(3)8-13(7-2,12(15)16)17-11(5)10(4)14/h9-11,14H,6-8H2,1-5H3,(H,15,16). The Morgan fingerprint density at radius 2 is 1.82 bits per heavy atom. The van der Waals surface area contributed by atoms with Gasteiger partial charge < -0.3 is 14.9 Å². The van der Waals surface area contributed by atoms with Crippen molar-refractivity contribution >= 4 is 5.97 Å². The molecule has 102 valence electrons. The Bertz CT molecular complexity index is 240. The van der Waals surface area contributed by atoms with Crippen LogP contribution in [0.1, 0.15) is 53.9 Å². The summed E-state index contributed by atoms with van der Waals surface area (Å²) in [6, 6.07) is 0. The molecule has 0 saturated carbocycles. The molecule has 4 unspecified atom stereocenters. The highest BCUT2D eigenvalue weighted by atomic mass is 16.5. The molecule has 0 spiro atoms. The Labute approximate surface area is 104 Å². The van der Waals surface area contributed by atoms with E-state index in [1.807, 2.05) is 20.8 Å². The number of aliphatic carboxylic acids is 1. The lowest BCUT2D eigenvalue weighted by Gasteiger charge is -2.34. The van der Waals surface area contributed by atoms with Crippen LogP contribution in [0.5, 0.6) is 0 Å². The number of carboxylic acids is 1. The zero-order chi connectivity index (χ0) is 13.6. The third kappa shape index (κ3) is 4.64. The molecule has 0 amide bonds. The first-order valence-corrected chi connectivity index (χ1v) is 6.38. The molecule has 0 aliphatic carbocycles. The maximum Gasteiger partial charge on any atom is 0.335 e. The molecule has 4 atom stereocenters. The molecule has 4 heteroatoms. The fourth-order valence-electron chi connectivity index (χ4n) is 1.73. The minimum atomic E-state index is -1.17. The average molecular weight is 246 g/mol. The molecule has 0 radical (unpaired) electrons. The molecule has 2 N–H and O–H groups in total. The van der Waals surface area contributed by atoms with Crippen LogP contribution in [0.25, 0.3) is 0 Å². The first-order valence-electron chi connectivity index (χ1n) is 6.38. The highest BCUT2D eigenvalue weighted by Crippen LogP contribution is 2.29. The monoisotopic (exact) mass is 246 g/mol. The molecule has 0 rings (SSSR count). The predicted molar refractivity (Wildman–Crippen MR) is 67.0 cm³/mol. The van der Waals surface area contributed by atoms with E-state index in [2.05, 4.69) is 0 Å². The SMILES string of the molecule is CCC(C)CC(CC)(OC(C)C(C)O)C(=O)O. The van der Waals surface area contributed by atoms with Crippen LogP contribution in [0, 0.1) is 5.92 Å². The van der Waals surface area contributed by atoms with E-state index in [1.165, 1.54) is 0 Å². The van der Waals surface area contributed by atoms with Gasteiger partial charge in [-0.15, -0.1) is 0 Å². The molecular formula is C13H26O4. The summed E-state index contributed by atoms with van der Waals surface area (Å²) < 4.78 is 5.63. The van der Waals surface area contributed by atoms with Crippen LogP contribution in [0.2, 0.25) is 0 Å². The van der Waals surface area contributed by atoms with Crippen molar-refractivity contribution in [3.8, 4) is 0 Å². The Morgan fingerprint density at radius 3 is 2.12 bits per heavy atom. The maximum absolute atomic E-state index is 11.5. The van der Waals surface area contributed by atoms with Crippen LogP contribution in [0.3, 0.4) is 0 Å². The Hall–Kier alpha value is -0.610. The molecule has 0 bridgehead atoms. The second kappa shape index (κ2) is 6.97. The van der Waals surface area contributed by atoms with E-state index in [1.54, 1.807) is 13.8 Å². The molecule has 0 heterocycles. The molecule has 0 aromatic carbocycles. The van der Waals surface area contributed by atoms with Gasteiger partial charge in [0, 0.05) is 0 Å². The van der Waals surface area contributed by atoms with E-state index in [4.69, 9.17) is 4.74 Å². The zero-order valence-electron chi connectivity index (χ0n) is 11.6. The van der Waals surface area contributed by atoms with Gasteiger partial charge in [-0.05, 0) is 32.6 Å². The fraction of sp³-hybridized carbons (Fsp3) is 0.923. The summed E-state index contributed by atoms with van der Waals surface area (Å²) >= 11 is 0. The number of rotatable bonds is 8. The molecule has 0 fully saturated rings. The maximum atomic E-state index is 11.5. The highest BCUT2D eigenvalue weighted by Gasteiger charge is 2.41. The van der Waals surface area contributed by atoms with Crippen molar-refractivity contribution in [2.24, 2.45) is 5.92 Å². The van der Waals surface area contributed by atoms with E-state index < -0.39 is 23.8 Å². The van der Waals surface area contributed by atoms with Crippen molar-refractivity contribution in [2.45, 2.75) is 71.7 Å². The quantitative estimate of drug-likeness (QED) is 0.690. The summed E-state index contributed by atoms with van der Waals surface area (Å²) in [6.07, 6.45) is 0.657. The zero-order valence-corrected chi connectivity index (χ0v) is 11.6. The highest BCUT2D eigenvalue weighted by molar-refractivity contribution is 5.77. The summed E-state index contributed by atoms with van der Waals surface area (Å²) in [5, 5.41) is 18.8. The number of ether oxygens (including phenoxy) is 1. The second-order valence-electron chi connectivity index (χ2n) is 4.93. The van der Waals surface area contributed by atoms with Gasteiger partial charge in [0.2, 0.25) is 0 Å². The van der Waals surface area contributed by atoms with Gasteiger partial charge in [0.25, 0.3) is 0 Å². The van der Waals surface area contributed by atoms with Crippen LogP contribution in [0.4, 0.5) is 0 Å². The summed E-state index contributed by atoms with van der Waals surface area (Å²) in [5.41, 5.74) is -1.17. The third-order valence-corrected chi connectivity index (χ3v) is 3.43. The van der Waals surface area contributed by atoms with Gasteiger partial charge in [-0.25, -0.2) is 4.79 Å². The largest absolute Gasteiger partial charge is 0.479 e. The topological polar surface area (TPSA) is 66.8 Å². The Morgan fingerprint density at radius 1 is 1.29 bits per heavy atom. The number of carboxylic acid groups (broad SMARTS) is 1. The summed E-state index contributed by atoms with van der Waals surface area (Å²) in [4.78, 5) is 11.5. The van der Waals surface area contributed by atoms with E-state index in [0.717, 1.165) is 6.42 Å². The normalized spacial score (nSPS) is 20.4. The van der Waals surface area contributed by atoms with Crippen LogP contribution in [0.15, 0.2) is 0 Å². The van der Waals surface area contributed by atoms with Gasteiger partial charge in [-0.3, -0.25) is 0 Å². The van der Waals surface area contributed by atoms with Gasteiger partial charge in [-0.2, -0.15) is 0 Å². The van der Waals surface area contributed by atoms with Crippen molar-refractivity contribution in [2.75, 3.05) is 0 Å². The van der Waals surface area contributed by atoms with Gasteiger partial charge in [0.1, 0.15) is 0 Å². The van der Waals surface area contributed by atoms with Crippen molar-refractivity contribution in [3.63, 3.8) is 0 Å². The molecule has 0 aromatic rings. The third-order valence-electron chi connectivity index (χ3n) is 3.43. The summed E-state index contributed by atoms with van der Waals surface area (Å²) in [7, 11) is 0. The van der Waals surface area contributed by atoms with Crippen molar-refractivity contribution in [1.82, 2.24) is 0 Å². The smallest absolute Gasteiger partial charge is 0.335 e. The van der Waals surface area contributed by atoms with Crippen molar-refractivity contribution in [3.05, 3.63) is 0 Å². The Balaban J connectivity index is 4.88. The van der Waals surface area contributed by atoms with Gasteiger partial charge in [0.15, 0.2) is 5.60 Å². The lowest BCUT2D eigenvalue weighted by Crippen LogP contribution is -2.46. The number of hydrogen-bond donors (Lipinski definition) is 2. The van der Waals surface area contributed by atoms with Crippen molar-refractivity contribution < 1.29 is 19.7 Å². The first-order chi connectivity index (χ1) is 7.79. The van der Waals surface area contributed by atoms with Gasteiger partial charge in [0.05, 0.1) is 12.2 Å². The van der Waals surface area contributed by atoms with Gasteiger partial charge in [-0.1, -0.05) is 27.2 Å². The number of carbonyl (C=O) groups is 1. The minimum absolute atomic E-state index is 0.284. The first kappa shape index (κ1) is 16.4. The van der Waals surface area contributed by atoms with Crippen LogP contribution < -0.4 is 0 Å². The molecule has 0 saturated heterocycles. The van der Waals surface area contributed by atoms with E-state index >= 15 is 0 Å². The molecule has 0 aliphatic heterocycles. The van der Waals surface area contributed by atoms with Crippen molar-refractivity contribution in [1.29, 1.82) is 0 Å². The van der Waals surface area contributed by atoms with E-state index in [9.17, 15) is 15.0 Å². The number of hydrogen-bond acceptors (Lipinski definition) is 3. The molecule has 17 heavy (non-hydrogen) atoms. The fourth-order valence-corrected chi connectivity index (χ4v) is 1.73. The average Bonchev–Trinajstić information content (AvgIpc) is 2.27. The van der Waals surface area contributed by atoms with E-state index in [0.29, 0.717) is 12.8 Å². The minimum Gasteiger partial charge on any atom is -0.479 e. The van der Waals surface area contributed by atoms with Crippen LogP contribution >= 0.6 is 0 Å². The summed E-state index contributed by atoms with van der Waals surface area (Å²) in [5.74, 6) is -0.653. The predicted octanol–water partition coefficient (Wildman–Crippen LogP) is 2.44. The lowest BCUT2D eigenvalue weighted by molar-refractivity contribution is -0.184. The molecular weight excluding hydrogens is 220 g/mol. The molecule has 4 nitrogen and oxygen atoms in total.